The van der Waals surface area contributed by atoms with Gasteiger partial charge in [0, 0.05) is 17.1 Å². The third-order valence-corrected chi connectivity index (χ3v) is 2.83. The summed E-state index contributed by atoms with van der Waals surface area (Å²) in [6, 6.07) is 6.01. The lowest BCUT2D eigenvalue weighted by molar-refractivity contribution is -0.114. The average molecular weight is 254 g/mol. The first kappa shape index (κ1) is 9.71. The highest BCUT2D eigenvalue weighted by Gasteiger charge is 2.26. The number of amides is 1. The molecule has 0 saturated heterocycles. The minimum Gasteiger partial charge on any atom is -0.326 e. The topological polar surface area (TPSA) is 29.1 Å². The normalized spacial score (nSPS) is 15.3. The molecule has 1 saturated carbocycles. The minimum absolute atomic E-state index is 0.00535. The maximum absolute atomic E-state index is 11.0. The number of hydrogen-bond donors (Lipinski definition) is 1. The van der Waals surface area contributed by atoms with E-state index in [1.165, 1.54) is 18.4 Å². The van der Waals surface area contributed by atoms with Crippen LogP contribution in [0.2, 0.25) is 0 Å². The fourth-order valence-corrected chi connectivity index (χ4v) is 1.95. The number of benzene rings is 1. The van der Waals surface area contributed by atoms with E-state index in [4.69, 9.17) is 0 Å². The van der Waals surface area contributed by atoms with Gasteiger partial charge in [-0.15, -0.1) is 0 Å². The fourth-order valence-electron chi connectivity index (χ4n) is 1.57. The van der Waals surface area contributed by atoms with Crippen LogP contribution in [-0.4, -0.2) is 5.91 Å². The SMILES string of the molecule is CC(=O)Nc1ccc(Br)cc1C1CC1. The van der Waals surface area contributed by atoms with Crippen molar-refractivity contribution in [1.29, 1.82) is 0 Å². The van der Waals surface area contributed by atoms with E-state index in [9.17, 15) is 4.79 Å². The van der Waals surface area contributed by atoms with Crippen molar-refractivity contribution in [3.8, 4) is 0 Å². The monoisotopic (exact) mass is 253 g/mol. The molecule has 1 aromatic carbocycles. The zero-order valence-electron chi connectivity index (χ0n) is 8.01. The molecule has 1 aliphatic rings. The highest BCUT2D eigenvalue weighted by Crippen LogP contribution is 2.44. The summed E-state index contributed by atoms with van der Waals surface area (Å²) >= 11 is 3.45. The van der Waals surface area contributed by atoms with Crippen LogP contribution in [0.15, 0.2) is 22.7 Å². The average Bonchev–Trinajstić information content (AvgIpc) is 2.90. The molecule has 74 valence electrons. The van der Waals surface area contributed by atoms with Crippen molar-refractivity contribution in [2.24, 2.45) is 0 Å². The molecule has 1 aliphatic carbocycles. The van der Waals surface area contributed by atoms with E-state index in [1.54, 1.807) is 6.92 Å². The Morgan fingerprint density at radius 1 is 1.50 bits per heavy atom. The van der Waals surface area contributed by atoms with Crippen molar-refractivity contribution in [3.05, 3.63) is 28.2 Å². The summed E-state index contributed by atoms with van der Waals surface area (Å²) in [5.74, 6) is 0.642. The molecule has 0 atom stereocenters. The predicted molar refractivity (Wildman–Crippen MR) is 60.4 cm³/mol. The van der Waals surface area contributed by atoms with Crippen molar-refractivity contribution in [2.45, 2.75) is 25.7 Å². The van der Waals surface area contributed by atoms with Gasteiger partial charge in [-0.1, -0.05) is 15.9 Å². The van der Waals surface area contributed by atoms with Crippen LogP contribution in [0, 0.1) is 0 Å². The number of nitrogens with one attached hydrogen (secondary N) is 1. The van der Waals surface area contributed by atoms with Gasteiger partial charge in [-0.05, 0) is 42.5 Å². The smallest absolute Gasteiger partial charge is 0.221 e. The second kappa shape index (κ2) is 3.73. The fraction of sp³-hybridized carbons (Fsp3) is 0.364. The summed E-state index contributed by atoms with van der Waals surface area (Å²) in [7, 11) is 0. The first-order valence-corrected chi connectivity index (χ1v) is 5.53. The molecule has 0 heterocycles. The van der Waals surface area contributed by atoms with Gasteiger partial charge >= 0.3 is 0 Å². The van der Waals surface area contributed by atoms with Crippen LogP contribution in [0.1, 0.15) is 31.2 Å². The second-order valence-corrected chi connectivity index (χ2v) is 4.60. The zero-order chi connectivity index (χ0) is 10.1. The van der Waals surface area contributed by atoms with E-state index in [0.717, 1.165) is 10.2 Å². The largest absolute Gasteiger partial charge is 0.326 e. The first-order chi connectivity index (χ1) is 6.66. The Kier molecular flexibility index (Phi) is 2.59. The van der Waals surface area contributed by atoms with Crippen LogP contribution >= 0.6 is 15.9 Å². The Morgan fingerprint density at radius 2 is 2.21 bits per heavy atom. The molecule has 2 rings (SSSR count). The van der Waals surface area contributed by atoms with Crippen molar-refractivity contribution in [3.63, 3.8) is 0 Å². The Balaban J connectivity index is 2.32. The van der Waals surface area contributed by atoms with E-state index >= 15 is 0 Å². The van der Waals surface area contributed by atoms with Gasteiger partial charge in [0.05, 0.1) is 0 Å². The quantitative estimate of drug-likeness (QED) is 0.862. The summed E-state index contributed by atoms with van der Waals surface area (Å²) in [5.41, 5.74) is 2.22. The molecular weight excluding hydrogens is 242 g/mol. The van der Waals surface area contributed by atoms with Gasteiger partial charge < -0.3 is 5.32 Å². The summed E-state index contributed by atoms with van der Waals surface area (Å²) in [6.45, 7) is 1.54. The van der Waals surface area contributed by atoms with E-state index in [0.29, 0.717) is 5.92 Å². The highest BCUT2D eigenvalue weighted by atomic mass is 79.9. The van der Waals surface area contributed by atoms with E-state index in [2.05, 4.69) is 27.3 Å². The van der Waals surface area contributed by atoms with Crippen molar-refractivity contribution < 1.29 is 4.79 Å². The number of hydrogen-bond acceptors (Lipinski definition) is 1. The molecule has 2 nitrogen and oxygen atoms in total. The Bertz CT molecular complexity index is 372. The third kappa shape index (κ3) is 2.15. The van der Waals surface area contributed by atoms with Gasteiger partial charge in [0.1, 0.15) is 0 Å². The lowest BCUT2D eigenvalue weighted by Gasteiger charge is -2.09. The number of anilines is 1. The molecule has 0 aliphatic heterocycles. The van der Waals surface area contributed by atoms with Gasteiger partial charge in [0.15, 0.2) is 0 Å². The molecule has 1 aromatic rings. The summed E-state index contributed by atoms with van der Waals surface area (Å²) < 4.78 is 1.08. The molecule has 14 heavy (non-hydrogen) atoms. The van der Waals surface area contributed by atoms with Gasteiger partial charge in [-0.25, -0.2) is 0 Å². The van der Waals surface area contributed by atoms with E-state index in [-0.39, 0.29) is 5.91 Å². The highest BCUT2D eigenvalue weighted by molar-refractivity contribution is 9.10. The lowest BCUT2D eigenvalue weighted by Crippen LogP contribution is -2.07. The van der Waals surface area contributed by atoms with E-state index in [1.807, 2.05) is 12.1 Å². The van der Waals surface area contributed by atoms with Gasteiger partial charge in [0.25, 0.3) is 0 Å². The number of rotatable bonds is 2. The molecular formula is C11H12BrNO. The molecule has 0 radical (unpaired) electrons. The molecule has 1 amide bonds. The first-order valence-electron chi connectivity index (χ1n) is 4.74. The summed E-state index contributed by atoms with van der Waals surface area (Å²) in [5, 5.41) is 2.86. The van der Waals surface area contributed by atoms with Gasteiger partial charge in [-0.3, -0.25) is 4.79 Å². The maximum atomic E-state index is 11.0. The third-order valence-electron chi connectivity index (χ3n) is 2.34. The maximum Gasteiger partial charge on any atom is 0.221 e. The van der Waals surface area contributed by atoms with Crippen LogP contribution in [0.25, 0.3) is 0 Å². The summed E-state index contributed by atoms with van der Waals surface area (Å²) in [6.07, 6.45) is 2.48. The Hall–Kier alpha value is -0.830. The van der Waals surface area contributed by atoms with Crippen LogP contribution < -0.4 is 5.32 Å². The number of halogens is 1. The predicted octanol–water partition coefficient (Wildman–Crippen LogP) is 3.28. The Morgan fingerprint density at radius 3 is 2.79 bits per heavy atom. The molecule has 0 bridgehead atoms. The number of carbonyl (C=O) groups excluding carboxylic acids is 1. The lowest BCUT2D eigenvalue weighted by atomic mass is 10.1. The standard InChI is InChI=1S/C11H12BrNO/c1-7(14)13-11-5-4-9(12)6-10(11)8-2-3-8/h4-6,8H,2-3H2,1H3,(H,13,14). The summed E-state index contributed by atoms with van der Waals surface area (Å²) in [4.78, 5) is 11.0. The molecule has 0 spiro atoms. The van der Waals surface area contributed by atoms with Crippen LogP contribution in [0.3, 0.4) is 0 Å². The van der Waals surface area contributed by atoms with Gasteiger partial charge in [0.2, 0.25) is 5.91 Å². The van der Waals surface area contributed by atoms with Crippen molar-refractivity contribution in [1.82, 2.24) is 0 Å². The number of carbonyl (C=O) groups is 1. The minimum atomic E-state index is -0.00535. The van der Waals surface area contributed by atoms with Crippen molar-refractivity contribution in [2.75, 3.05) is 5.32 Å². The molecule has 1 fully saturated rings. The van der Waals surface area contributed by atoms with Gasteiger partial charge in [-0.2, -0.15) is 0 Å². The molecule has 1 N–H and O–H groups in total. The molecule has 3 heteroatoms. The van der Waals surface area contributed by atoms with Crippen LogP contribution in [0.5, 0.6) is 0 Å². The molecule has 0 unspecified atom stereocenters. The molecule has 0 aromatic heterocycles. The second-order valence-electron chi connectivity index (χ2n) is 3.69. The van der Waals surface area contributed by atoms with E-state index < -0.39 is 0 Å². The Labute approximate surface area is 91.8 Å². The van der Waals surface area contributed by atoms with Crippen LogP contribution in [-0.2, 0) is 4.79 Å². The van der Waals surface area contributed by atoms with Crippen molar-refractivity contribution >= 4 is 27.5 Å². The zero-order valence-corrected chi connectivity index (χ0v) is 9.60. The van der Waals surface area contributed by atoms with Crippen LogP contribution in [0.4, 0.5) is 5.69 Å².